The Hall–Kier alpha value is -1.66. The first-order valence-corrected chi connectivity index (χ1v) is 9.08. The monoisotopic (exact) mass is 383 g/mol. The van der Waals surface area contributed by atoms with Gasteiger partial charge >= 0.3 is 0 Å². The summed E-state index contributed by atoms with van der Waals surface area (Å²) in [5.41, 5.74) is 0.426. The lowest BCUT2D eigenvalue weighted by molar-refractivity contribution is -0.142. The number of nitrogens with one attached hydrogen (secondary N) is 1. The van der Waals surface area contributed by atoms with Gasteiger partial charge in [0, 0.05) is 38.1 Å². The summed E-state index contributed by atoms with van der Waals surface area (Å²) in [4.78, 5) is 28.7. The third-order valence-electron chi connectivity index (χ3n) is 5.22. The second-order valence-electron chi connectivity index (χ2n) is 7.05. The lowest BCUT2D eigenvalue weighted by atomic mass is 9.92. The first-order chi connectivity index (χ1) is 12.0. The topological polar surface area (TPSA) is 52.7 Å². The molecule has 2 aliphatic rings. The van der Waals surface area contributed by atoms with E-state index in [1.807, 2.05) is 4.90 Å². The summed E-state index contributed by atoms with van der Waals surface area (Å²) in [6.07, 6.45) is 1.84. The third-order valence-corrected chi connectivity index (χ3v) is 5.22. The van der Waals surface area contributed by atoms with Gasteiger partial charge in [-0.2, -0.15) is 0 Å². The number of hydrogen-bond acceptors (Lipinski definition) is 3. The highest BCUT2D eigenvalue weighted by atomic mass is 35.5. The Bertz CT molecular complexity index is 635. The maximum absolute atomic E-state index is 13.7. The fourth-order valence-electron chi connectivity index (χ4n) is 3.71. The second-order valence-corrected chi connectivity index (χ2v) is 7.05. The summed E-state index contributed by atoms with van der Waals surface area (Å²) >= 11 is 0. The normalized spacial score (nSPS) is 23.3. The van der Waals surface area contributed by atoms with Crippen LogP contribution in [0.3, 0.4) is 0 Å². The summed E-state index contributed by atoms with van der Waals surface area (Å²) in [7, 11) is 0. The van der Waals surface area contributed by atoms with E-state index in [0.29, 0.717) is 37.8 Å². The lowest BCUT2D eigenvalue weighted by Crippen LogP contribution is -2.53. The number of piperidine rings is 1. The summed E-state index contributed by atoms with van der Waals surface area (Å²) in [5, 5.41) is 3.37. The molecule has 2 aliphatic heterocycles. The van der Waals surface area contributed by atoms with Crippen molar-refractivity contribution in [1.29, 1.82) is 0 Å². The number of carbonyl (C=O) groups is 2. The molecule has 3 rings (SSSR count). The van der Waals surface area contributed by atoms with E-state index in [4.69, 9.17) is 0 Å². The van der Waals surface area contributed by atoms with E-state index in [-0.39, 0.29) is 42.4 Å². The molecule has 1 aromatic carbocycles. The summed E-state index contributed by atoms with van der Waals surface area (Å²) in [6, 6.07) is 6.76. The van der Waals surface area contributed by atoms with Gasteiger partial charge in [-0.05, 0) is 37.9 Å². The molecular weight excluding hydrogens is 357 g/mol. The van der Waals surface area contributed by atoms with Crippen molar-refractivity contribution in [3.8, 4) is 0 Å². The third kappa shape index (κ3) is 4.95. The SMILES string of the molecule is C[C@H]1C[C@@H](C(=O)N2CCN(C(=O)Cc3ccccc3F)CC2)CCN1.Cl. The second kappa shape index (κ2) is 9.33. The van der Waals surface area contributed by atoms with Crippen molar-refractivity contribution in [1.82, 2.24) is 15.1 Å². The Morgan fingerprint density at radius 2 is 1.81 bits per heavy atom. The average molecular weight is 384 g/mol. The van der Waals surface area contributed by atoms with E-state index in [1.54, 1.807) is 23.1 Å². The molecule has 0 bridgehead atoms. The maximum Gasteiger partial charge on any atom is 0.227 e. The zero-order valence-corrected chi connectivity index (χ0v) is 15.9. The zero-order chi connectivity index (χ0) is 17.8. The summed E-state index contributed by atoms with van der Waals surface area (Å²) in [6.45, 7) is 5.19. The van der Waals surface area contributed by atoms with Crippen molar-refractivity contribution in [3.05, 3.63) is 35.6 Å². The first-order valence-electron chi connectivity index (χ1n) is 9.08. The van der Waals surface area contributed by atoms with Gasteiger partial charge in [-0.25, -0.2) is 4.39 Å². The number of carbonyl (C=O) groups excluding carboxylic acids is 2. The zero-order valence-electron chi connectivity index (χ0n) is 15.1. The van der Waals surface area contributed by atoms with Crippen molar-refractivity contribution in [2.75, 3.05) is 32.7 Å². The highest BCUT2D eigenvalue weighted by Crippen LogP contribution is 2.20. The van der Waals surface area contributed by atoms with Crippen molar-refractivity contribution >= 4 is 24.2 Å². The van der Waals surface area contributed by atoms with Gasteiger partial charge in [0.2, 0.25) is 11.8 Å². The van der Waals surface area contributed by atoms with Crippen LogP contribution in [0.25, 0.3) is 0 Å². The van der Waals surface area contributed by atoms with Crippen LogP contribution >= 0.6 is 12.4 Å². The van der Waals surface area contributed by atoms with Crippen molar-refractivity contribution < 1.29 is 14.0 Å². The molecule has 0 spiro atoms. The molecule has 0 radical (unpaired) electrons. The van der Waals surface area contributed by atoms with E-state index in [9.17, 15) is 14.0 Å². The van der Waals surface area contributed by atoms with Crippen LogP contribution in [0, 0.1) is 11.7 Å². The van der Waals surface area contributed by atoms with Gasteiger partial charge in [-0.1, -0.05) is 18.2 Å². The van der Waals surface area contributed by atoms with Gasteiger partial charge in [-0.15, -0.1) is 12.4 Å². The quantitative estimate of drug-likeness (QED) is 0.866. The molecule has 2 atom stereocenters. The molecule has 1 N–H and O–H groups in total. The van der Waals surface area contributed by atoms with E-state index >= 15 is 0 Å². The Kier molecular flexibility index (Phi) is 7.41. The van der Waals surface area contributed by atoms with Gasteiger partial charge in [-0.3, -0.25) is 9.59 Å². The molecule has 26 heavy (non-hydrogen) atoms. The Morgan fingerprint density at radius 1 is 1.15 bits per heavy atom. The number of piperazine rings is 1. The predicted octanol–water partition coefficient (Wildman–Crippen LogP) is 1.85. The van der Waals surface area contributed by atoms with E-state index in [0.717, 1.165) is 19.4 Å². The minimum absolute atomic E-state index is 0. The van der Waals surface area contributed by atoms with E-state index < -0.39 is 0 Å². The molecule has 7 heteroatoms. The van der Waals surface area contributed by atoms with Crippen LogP contribution in [-0.4, -0.2) is 60.4 Å². The van der Waals surface area contributed by atoms with E-state index in [2.05, 4.69) is 12.2 Å². The summed E-state index contributed by atoms with van der Waals surface area (Å²) < 4.78 is 13.7. The van der Waals surface area contributed by atoms with Crippen LogP contribution in [-0.2, 0) is 16.0 Å². The minimum atomic E-state index is -0.343. The van der Waals surface area contributed by atoms with Crippen LogP contribution in [0.2, 0.25) is 0 Å². The predicted molar refractivity (Wildman–Crippen MR) is 101 cm³/mol. The highest BCUT2D eigenvalue weighted by molar-refractivity contribution is 5.85. The van der Waals surface area contributed by atoms with Crippen molar-refractivity contribution in [2.24, 2.45) is 5.92 Å². The summed E-state index contributed by atoms with van der Waals surface area (Å²) in [5.74, 6) is -0.108. The number of benzene rings is 1. The molecule has 2 heterocycles. The van der Waals surface area contributed by atoms with Crippen LogP contribution in [0.1, 0.15) is 25.3 Å². The maximum atomic E-state index is 13.7. The van der Waals surface area contributed by atoms with Gasteiger partial charge in [0.15, 0.2) is 0 Å². The fraction of sp³-hybridized carbons (Fsp3) is 0.579. The van der Waals surface area contributed by atoms with Gasteiger partial charge in [0.1, 0.15) is 5.82 Å². The highest BCUT2D eigenvalue weighted by Gasteiger charge is 2.31. The number of hydrogen-bond donors (Lipinski definition) is 1. The Labute approximate surface area is 160 Å². The van der Waals surface area contributed by atoms with Gasteiger partial charge < -0.3 is 15.1 Å². The number of nitrogens with zero attached hydrogens (tertiary/aromatic N) is 2. The van der Waals surface area contributed by atoms with Crippen LogP contribution in [0.5, 0.6) is 0 Å². The van der Waals surface area contributed by atoms with Crippen molar-refractivity contribution in [2.45, 2.75) is 32.2 Å². The van der Waals surface area contributed by atoms with Crippen molar-refractivity contribution in [3.63, 3.8) is 0 Å². The molecule has 144 valence electrons. The molecule has 2 fully saturated rings. The first kappa shape index (κ1) is 20.6. The van der Waals surface area contributed by atoms with Gasteiger partial charge in [0.05, 0.1) is 6.42 Å². The fourth-order valence-corrected chi connectivity index (χ4v) is 3.71. The molecule has 0 saturated carbocycles. The molecule has 0 aliphatic carbocycles. The number of amides is 2. The molecule has 2 saturated heterocycles. The molecule has 1 aromatic rings. The van der Waals surface area contributed by atoms with Gasteiger partial charge in [0.25, 0.3) is 0 Å². The molecule has 5 nitrogen and oxygen atoms in total. The standard InChI is InChI=1S/C19H26FN3O2.ClH/c1-14-12-16(6-7-21-14)19(25)23-10-8-22(9-11-23)18(24)13-15-4-2-3-5-17(15)20;/h2-5,14,16,21H,6-13H2,1H3;1H/t14-,16-;/m0./s1. The smallest absolute Gasteiger partial charge is 0.227 e. The molecule has 0 aromatic heterocycles. The molecular formula is C19H27ClFN3O2. The minimum Gasteiger partial charge on any atom is -0.339 e. The lowest BCUT2D eigenvalue weighted by Gasteiger charge is -2.38. The average Bonchev–Trinajstić information content (AvgIpc) is 2.63. The van der Waals surface area contributed by atoms with Crippen LogP contribution in [0.4, 0.5) is 4.39 Å². The molecule has 0 unspecified atom stereocenters. The Balaban J connectivity index is 0.00000243. The van der Waals surface area contributed by atoms with Crippen LogP contribution < -0.4 is 5.32 Å². The number of rotatable bonds is 3. The largest absolute Gasteiger partial charge is 0.339 e. The number of halogens is 2. The van der Waals surface area contributed by atoms with E-state index in [1.165, 1.54) is 6.07 Å². The molecule has 2 amide bonds. The van der Waals surface area contributed by atoms with Crippen LogP contribution in [0.15, 0.2) is 24.3 Å². The Morgan fingerprint density at radius 3 is 2.46 bits per heavy atom.